The molecular formula is C14H21N3OS. The molecule has 0 radical (unpaired) electrons. The van der Waals surface area contributed by atoms with Gasteiger partial charge in [-0.1, -0.05) is 20.8 Å². The summed E-state index contributed by atoms with van der Waals surface area (Å²) in [7, 11) is 0. The number of thiophene rings is 1. The number of nitrogens with two attached hydrogens (primary N) is 1. The Labute approximate surface area is 117 Å². The molecule has 4 N–H and O–H groups in total. The maximum absolute atomic E-state index is 12.1. The molecule has 1 aromatic rings. The molecule has 1 atom stereocenters. The second kappa shape index (κ2) is 4.96. The van der Waals surface area contributed by atoms with Gasteiger partial charge in [0.2, 0.25) is 5.91 Å². The average molecular weight is 279 g/mol. The lowest BCUT2D eigenvalue weighted by Gasteiger charge is -2.23. The van der Waals surface area contributed by atoms with Crippen LogP contribution in [0.5, 0.6) is 0 Å². The second-order valence-electron chi connectivity index (χ2n) is 6.19. The number of rotatable bonds is 4. The quantitative estimate of drug-likeness (QED) is 0.585. The summed E-state index contributed by atoms with van der Waals surface area (Å²) < 4.78 is 0. The fourth-order valence-electron chi connectivity index (χ4n) is 1.87. The van der Waals surface area contributed by atoms with Gasteiger partial charge < -0.3 is 11.1 Å². The van der Waals surface area contributed by atoms with E-state index in [9.17, 15) is 4.79 Å². The summed E-state index contributed by atoms with van der Waals surface area (Å²) in [6.07, 6.45) is 2.31. The first kappa shape index (κ1) is 14.1. The minimum absolute atomic E-state index is 0.0715. The molecule has 1 aliphatic carbocycles. The maximum atomic E-state index is 12.1. The summed E-state index contributed by atoms with van der Waals surface area (Å²) in [4.78, 5) is 13.2. The largest absolute Gasteiger partial charge is 0.384 e. The number of amidine groups is 1. The van der Waals surface area contributed by atoms with Gasteiger partial charge in [0.25, 0.3) is 0 Å². The normalized spacial score (nSPS) is 17.0. The molecular weight excluding hydrogens is 258 g/mol. The third kappa shape index (κ3) is 3.35. The van der Waals surface area contributed by atoms with Crippen molar-refractivity contribution in [2.24, 2.45) is 17.1 Å². The molecule has 0 spiro atoms. The number of nitrogens with one attached hydrogen (secondary N) is 2. The molecule has 1 saturated carbocycles. The van der Waals surface area contributed by atoms with Crippen LogP contribution in [0.4, 0.5) is 0 Å². The van der Waals surface area contributed by atoms with E-state index < -0.39 is 0 Å². The predicted molar refractivity (Wildman–Crippen MR) is 78.4 cm³/mol. The highest BCUT2D eigenvalue weighted by Crippen LogP contribution is 2.43. The van der Waals surface area contributed by atoms with Crippen LogP contribution in [0.2, 0.25) is 0 Å². The summed E-state index contributed by atoms with van der Waals surface area (Å²) in [6.45, 7) is 5.76. The van der Waals surface area contributed by atoms with Gasteiger partial charge in [-0.3, -0.25) is 10.2 Å². The van der Waals surface area contributed by atoms with Crippen molar-refractivity contribution in [3.63, 3.8) is 0 Å². The Bertz CT molecular complexity index is 497. The van der Waals surface area contributed by atoms with Gasteiger partial charge in [0.15, 0.2) is 0 Å². The average Bonchev–Trinajstić information content (AvgIpc) is 3.00. The molecule has 4 nitrogen and oxygen atoms in total. The number of hydrogen-bond donors (Lipinski definition) is 3. The second-order valence-corrected chi connectivity index (χ2v) is 7.13. The summed E-state index contributed by atoms with van der Waals surface area (Å²) in [5, 5.41) is 12.5. The topological polar surface area (TPSA) is 79.0 Å². The first-order valence-corrected chi connectivity index (χ1v) is 7.41. The van der Waals surface area contributed by atoms with Gasteiger partial charge in [-0.15, -0.1) is 11.3 Å². The van der Waals surface area contributed by atoms with Gasteiger partial charge in [0.1, 0.15) is 5.84 Å². The Hall–Kier alpha value is -1.36. The third-order valence-corrected chi connectivity index (χ3v) is 4.31. The molecule has 0 bridgehead atoms. The van der Waals surface area contributed by atoms with Crippen LogP contribution in [0.3, 0.4) is 0 Å². The molecule has 1 amide bonds. The van der Waals surface area contributed by atoms with Crippen LogP contribution in [-0.2, 0) is 4.79 Å². The molecule has 104 valence electrons. The van der Waals surface area contributed by atoms with Crippen LogP contribution in [0.25, 0.3) is 0 Å². The molecule has 0 aliphatic heterocycles. The lowest BCUT2D eigenvalue weighted by molar-refractivity contribution is -0.129. The lowest BCUT2D eigenvalue weighted by Crippen LogP contribution is -2.38. The summed E-state index contributed by atoms with van der Waals surface area (Å²) in [6, 6.07) is 2.00. The van der Waals surface area contributed by atoms with Crippen LogP contribution in [-0.4, -0.2) is 11.7 Å². The number of carbonyl (C=O) groups excluding carboxylic acids is 1. The number of amides is 1. The first-order chi connectivity index (χ1) is 8.79. The minimum Gasteiger partial charge on any atom is -0.384 e. The van der Waals surface area contributed by atoms with E-state index in [1.54, 1.807) is 11.3 Å². The lowest BCUT2D eigenvalue weighted by atomic mass is 9.94. The number of carbonyl (C=O) groups is 1. The van der Waals surface area contributed by atoms with Gasteiger partial charge in [-0.25, -0.2) is 0 Å². The standard InChI is InChI=1S/C14H21N3OS/c1-14(2,3)13(18)17-11(8-4-5-8)10-6-9(7-19-10)12(15)16/h6-8,11H,4-5H2,1-3H3,(H3,15,16)(H,17,18)/t11-/m0/s1. The molecule has 0 saturated heterocycles. The molecule has 5 heteroatoms. The van der Waals surface area contributed by atoms with E-state index in [1.165, 1.54) is 0 Å². The van der Waals surface area contributed by atoms with Gasteiger partial charge in [-0.05, 0) is 24.8 Å². The minimum atomic E-state index is -0.381. The van der Waals surface area contributed by atoms with E-state index >= 15 is 0 Å². The Balaban J connectivity index is 2.16. The van der Waals surface area contributed by atoms with Gasteiger partial charge in [-0.2, -0.15) is 0 Å². The Morgan fingerprint density at radius 2 is 2.16 bits per heavy atom. The Kier molecular flexibility index (Phi) is 3.67. The Morgan fingerprint density at radius 1 is 1.53 bits per heavy atom. The van der Waals surface area contributed by atoms with Crippen molar-refractivity contribution in [1.29, 1.82) is 5.41 Å². The van der Waals surface area contributed by atoms with E-state index in [0.717, 1.165) is 23.3 Å². The highest BCUT2D eigenvalue weighted by atomic mass is 32.1. The van der Waals surface area contributed by atoms with E-state index in [0.29, 0.717) is 5.92 Å². The summed E-state index contributed by atoms with van der Waals surface area (Å²) >= 11 is 1.57. The molecule has 2 rings (SSSR count). The van der Waals surface area contributed by atoms with Gasteiger partial charge in [0.05, 0.1) is 6.04 Å². The van der Waals surface area contributed by atoms with E-state index in [4.69, 9.17) is 11.1 Å². The fourth-order valence-corrected chi connectivity index (χ4v) is 2.92. The Morgan fingerprint density at radius 3 is 2.58 bits per heavy atom. The van der Waals surface area contributed by atoms with Crippen LogP contribution in [0, 0.1) is 16.7 Å². The van der Waals surface area contributed by atoms with Crippen LogP contribution in [0.1, 0.15) is 50.1 Å². The number of hydrogen-bond acceptors (Lipinski definition) is 3. The fraction of sp³-hybridized carbons (Fsp3) is 0.571. The smallest absolute Gasteiger partial charge is 0.225 e. The van der Waals surface area contributed by atoms with E-state index in [-0.39, 0.29) is 23.2 Å². The molecule has 1 aromatic heterocycles. The van der Waals surface area contributed by atoms with Crippen LogP contribution in [0.15, 0.2) is 11.4 Å². The zero-order chi connectivity index (χ0) is 14.2. The first-order valence-electron chi connectivity index (χ1n) is 6.53. The monoisotopic (exact) mass is 279 g/mol. The van der Waals surface area contributed by atoms with Gasteiger partial charge >= 0.3 is 0 Å². The molecule has 0 unspecified atom stereocenters. The molecule has 19 heavy (non-hydrogen) atoms. The zero-order valence-electron chi connectivity index (χ0n) is 11.6. The van der Waals surface area contributed by atoms with Crippen molar-refractivity contribution in [1.82, 2.24) is 5.32 Å². The summed E-state index contributed by atoms with van der Waals surface area (Å²) in [5.74, 6) is 0.686. The van der Waals surface area contributed by atoms with Gasteiger partial charge in [0, 0.05) is 21.2 Å². The SMILES string of the molecule is CC(C)(C)C(=O)N[C@H](c1cc(C(=N)N)cs1)C1CC1. The van der Waals surface area contributed by atoms with Crippen molar-refractivity contribution in [2.45, 2.75) is 39.7 Å². The molecule has 1 fully saturated rings. The van der Waals surface area contributed by atoms with Crippen LogP contribution < -0.4 is 11.1 Å². The third-order valence-electron chi connectivity index (χ3n) is 3.30. The van der Waals surface area contributed by atoms with Crippen molar-refractivity contribution in [2.75, 3.05) is 0 Å². The number of nitrogen functional groups attached to an aromatic ring is 1. The molecule has 1 heterocycles. The molecule has 0 aromatic carbocycles. The van der Waals surface area contributed by atoms with Crippen molar-refractivity contribution < 1.29 is 4.79 Å². The van der Waals surface area contributed by atoms with Crippen molar-refractivity contribution in [3.8, 4) is 0 Å². The highest BCUT2D eigenvalue weighted by Gasteiger charge is 2.36. The van der Waals surface area contributed by atoms with Crippen molar-refractivity contribution >= 4 is 23.1 Å². The highest BCUT2D eigenvalue weighted by molar-refractivity contribution is 7.10. The van der Waals surface area contributed by atoms with Crippen molar-refractivity contribution in [3.05, 3.63) is 21.9 Å². The molecule has 1 aliphatic rings. The predicted octanol–water partition coefficient (Wildman–Crippen LogP) is 2.65. The summed E-state index contributed by atoms with van der Waals surface area (Å²) in [5.41, 5.74) is 5.86. The van der Waals surface area contributed by atoms with E-state index in [1.807, 2.05) is 32.2 Å². The van der Waals surface area contributed by atoms with E-state index in [2.05, 4.69) is 5.32 Å². The zero-order valence-corrected chi connectivity index (χ0v) is 12.4. The van der Waals surface area contributed by atoms with Crippen LogP contribution >= 0.6 is 11.3 Å². The maximum Gasteiger partial charge on any atom is 0.225 e.